The van der Waals surface area contributed by atoms with Gasteiger partial charge < -0.3 is 14.2 Å². The quantitative estimate of drug-likeness (QED) is 0.0355. The van der Waals surface area contributed by atoms with Crippen molar-refractivity contribution in [3.05, 3.63) is 24.3 Å². The molecule has 0 fully saturated rings. The number of hydrogen-bond donors (Lipinski definition) is 0. The zero-order chi connectivity index (χ0) is 37.8. The van der Waals surface area contributed by atoms with Crippen LogP contribution in [0.15, 0.2) is 24.3 Å². The maximum absolute atomic E-state index is 12.6. The lowest BCUT2D eigenvalue weighted by Gasteiger charge is -2.18. The predicted molar refractivity (Wildman–Crippen MR) is 224 cm³/mol. The molecule has 0 aromatic rings. The van der Waals surface area contributed by atoms with Gasteiger partial charge in [0.15, 0.2) is 6.10 Å². The van der Waals surface area contributed by atoms with Crippen molar-refractivity contribution in [1.29, 1.82) is 0 Å². The summed E-state index contributed by atoms with van der Waals surface area (Å²) < 4.78 is 17.2. The summed E-state index contributed by atoms with van der Waals surface area (Å²) in [7, 11) is 0. The van der Waals surface area contributed by atoms with Gasteiger partial charge in [0, 0.05) is 19.4 Å². The van der Waals surface area contributed by atoms with E-state index in [4.69, 9.17) is 14.2 Å². The maximum Gasteiger partial charge on any atom is 0.306 e. The van der Waals surface area contributed by atoms with Crippen molar-refractivity contribution in [2.75, 3.05) is 19.8 Å². The summed E-state index contributed by atoms with van der Waals surface area (Å²) in [5.74, 6) is -0.405. The van der Waals surface area contributed by atoms with E-state index in [2.05, 4.69) is 45.1 Å². The summed E-state index contributed by atoms with van der Waals surface area (Å²) in [6, 6.07) is 0. The molecule has 0 aliphatic rings. The van der Waals surface area contributed by atoms with Gasteiger partial charge in [0.2, 0.25) is 0 Å². The van der Waals surface area contributed by atoms with E-state index in [0.717, 1.165) is 57.8 Å². The fraction of sp³-hybridized carbons (Fsp3) is 0.872. The van der Waals surface area contributed by atoms with E-state index < -0.39 is 6.10 Å². The summed E-state index contributed by atoms with van der Waals surface area (Å²) in [5, 5.41) is 0. The van der Waals surface area contributed by atoms with Crippen LogP contribution in [0, 0.1) is 0 Å². The lowest BCUT2D eigenvalue weighted by molar-refractivity contribution is -0.163. The first kappa shape index (κ1) is 50.4. The van der Waals surface area contributed by atoms with Crippen molar-refractivity contribution in [2.24, 2.45) is 0 Å². The Hall–Kier alpha value is -1.62. The van der Waals surface area contributed by atoms with Gasteiger partial charge in [-0.15, -0.1) is 0 Å². The summed E-state index contributed by atoms with van der Waals surface area (Å²) in [5.41, 5.74) is 0. The first-order chi connectivity index (χ1) is 25.6. The Morgan fingerprint density at radius 2 is 0.846 bits per heavy atom. The van der Waals surface area contributed by atoms with Crippen molar-refractivity contribution in [3.8, 4) is 0 Å². The van der Waals surface area contributed by atoms with E-state index in [1.165, 1.54) is 148 Å². The fourth-order valence-corrected chi connectivity index (χ4v) is 6.55. The third-order valence-corrected chi connectivity index (χ3v) is 9.97. The van der Waals surface area contributed by atoms with Crippen molar-refractivity contribution >= 4 is 11.9 Å². The van der Waals surface area contributed by atoms with E-state index in [-0.39, 0.29) is 25.2 Å². The Balaban J connectivity index is 4.07. The van der Waals surface area contributed by atoms with Crippen LogP contribution in [-0.4, -0.2) is 37.9 Å². The number of carbonyl (C=O) groups excluding carboxylic acids is 2. The third kappa shape index (κ3) is 41.1. The van der Waals surface area contributed by atoms with E-state index in [1.54, 1.807) is 0 Å². The Morgan fingerprint density at radius 3 is 1.35 bits per heavy atom. The molecule has 0 heterocycles. The minimum absolute atomic E-state index is 0.0853. The summed E-state index contributed by atoms with van der Waals surface area (Å²) in [6.07, 6.45) is 49.0. The number of unbranched alkanes of at least 4 members (excludes halogenated alkanes) is 27. The largest absolute Gasteiger partial charge is 0.462 e. The summed E-state index contributed by atoms with van der Waals surface area (Å²) in [4.78, 5) is 25.1. The molecule has 0 spiro atoms. The van der Waals surface area contributed by atoms with Gasteiger partial charge in [-0.1, -0.05) is 206 Å². The molecule has 0 bridgehead atoms. The van der Waals surface area contributed by atoms with Crippen LogP contribution in [0.5, 0.6) is 0 Å². The van der Waals surface area contributed by atoms with Crippen molar-refractivity contribution in [3.63, 3.8) is 0 Å². The second kappa shape index (κ2) is 43.8. The first-order valence-corrected chi connectivity index (χ1v) is 22.9. The number of rotatable bonds is 42. The number of hydrogen-bond acceptors (Lipinski definition) is 5. The molecule has 0 saturated carbocycles. The van der Waals surface area contributed by atoms with Crippen LogP contribution >= 0.6 is 0 Å². The van der Waals surface area contributed by atoms with Gasteiger partial charge in [-0.05, 0) is 44.9 Å². The molecular weight excluding hydrogens is 645 g/mol. The standard InChI is InChI=1S/C47H88O5/c1-4-7-10-13-16-18-20-22-23-24-25-27-28-30-32-34-37-40-46(48)51-44-45(43-50-42-39-36-15-12-9-6-3)52-47(49)41-38-35-33-31-29-26-21-19-17-14-11-8-5-2/h11,14,19,21,45H,4-10,12-13,15-18,20,22-44H2,1-3H3/b14-11-,21-19-. The Morgan fingerprint density at radius 1 is 0.423 bits per heavy atom. The van der Waals surface area contributed by atoms with E-state index >= 15 is 0 Å². The Labute approximate surface area is 324 Å². The SMILES string of the molecule is CCC/C=C\C/C=C\CCCCCCCC(=O)OC(COCCCCCCCC)COC(=O)CCCCCCCCCCCCCCCCCCC. The molecule has 0 aromatic heterocycles. The molecule has 1 unspecified atom stereocenters. The molecule has 5 heteroatoms. The zero-order valence-corrected chi connectivity index (χ0v) is 35.1. The van der Waals surface area contributed by atoms with Gasteiger partial charge in [-0.3, -0.25) is 9.59 Å². The molecule has 0 radical (unpaired) electrons. The van der Waals surface area contributed by atoms with Crippen LogP contribution in [0.25, 0.3) is 0 Å². The molecule has 306 valence electrons. The Kier molecular flexibility index (Phi) is 42.4. The Bertz CT molecular complexity index is 791. The highest BCUT2D eigenvalue weighted by Crippen LogP contribution is 2.15. The van der Waals surface area contributed by atoms with Gasteiger partial charge >= 0.3 is 11.9 Å². The first-order valence-electron chi connectivity index (χ1n) is 22.9. The molecule has 52 heavy (non-hydrogen) atoms. The normalized spacial score (nSPS) is 12.3. The van der Waals surface area contributed by atoms with Crippen LogP contribution in [-0.2, 0) is 23.8 Å². The molecule has 0 amide bonds. The van der Waals surface area contributed by atoms with E-state index in [1.807, 2.05) is 0 Å². The molecule has 0 N–H and O–H groups in total. The molecule has 1 atom stereocenters. The number of ether oxygens (including phenoxy) is 3. The molecule has 0 saturated heterocycles. The van der Waals surface area contributed by atoms with Gasteiger partial charge in [-0.25, -0.2) is 0 Å². The van der Waals surface area contributed by atoms with Gasteiger partial charge in [-0.2, -0.15) is 0 Å². The van der Waals surface area contributed by atoms with Crippen LogP contribution in [0.4, 0.5) is 0 Å². The third-order valence-electron chi connectivity index (χ3n) is 9.97. The van der Waals surface area contributed by atoms with E-state index in [0.29, 0.717) is 19.4 Å². The topological polar surface area (TPSA) is 61.8 Å². The second-order valence-electron chi connectivity index (χ2n) is 15.3. The fourth-order valence-electron chi connectivity index (χ4n) is 6.55. The van der Waals surface area contributed by atoms with Crippen LogP contribution in [0.2, 0.25) is 0 Å². The van der Waals surface area contributed by atoms with Crippen molar-refractivity contribution < 1.29 is 23.8 Å². The second-order valence-corrected chi connectivity index (χ2v) is 15.3. The van der Waals surface area contributed by atoms with E-state index in [9.17, 15) is 9.59 Å². The highest BCUT2D eigenvalue weighted by molar-refractivity contribution is 5.70. The summed E-state index contributed by atoms with van der Waals surface area (Å²) in [6.45, 7) is 7.74. The number of esters is 2. The van der Waals surface area contributed by atoms with Crippen molar-refractivity contribution in [1.82, 2.24) is 0 Å². The van der Waals surface area contributed by atoms with Crippen LogP contribution < -0.4 is 0 Å². The monoisotopic (exact) mass is 733 g/mol. The van der Waals surface area contributed by atoms with Gasteiger partial charge in [0.25, 0.3) is 0 Å². The van der Waals surface area contributed by atoms with Gasteiger partial charge in [0.1, 0.15) is 6.61 Å². The van der Waals surface area contributed by atoms with Crippen LogP contribution in [0.3, 0.4) is 0 Å². The molecule has 5 nitrogen and oxygen atoms in total. The lowest BCUT2D eigenvalue weighted by Crippen LogP contribution is -2.30. The van der Waals surface area contributed by atoms with Crippen LogP contribution in [0.1, 0.15) is 239 Å². The molecule has 0 aromatic carbocycles. The predicted octanol–water partition coefficient (Wildman–Crippen LogP) is 14.9. The zero-order valence-electron chi connectivity index (χ0n) is 35.1. The lowest BCUT2D eigenvalue weighted by atomic mass is 10.0. The average molecular weight is 733 g/mol. The minimum atomic E-state index is -0.532. The maximum atomic E-state index is 12.6. The highest BCUT2D eigenvalue weighted by Gasteiger charge is 2.17. The van der Waals surface area contributed by atoms with Gasteiger partial charge in [0.05, 0.1) is 6.61 Å². The molecular formula is C47H88O5. The minimum Gasteiger partial charge on any atom is -0.462 e. The molecule has 0 aliphatic heterocycles. The molecule has 0 aliphatic carbocycles. The average Bonchev–Trinajstić information content (AvgIpc) is 3.14. The molecule has 0 rings (SSSR count). The smallest absolute Gasteiger partial charge is 0.306 e. The number of carbonyl (C=O) groups is 2. The van der Waals surface area contributed by atoms with Crippen molar-refractivity contribution in [2.45, 2.75) is 245 Å². The summed E-state index contributed by atoms with van der Waals surface area (Å²) >= 11 is 0. The number of allylic oxidation sites excluding steroid dienone is 4. The highest BCUT2D eigenvalue weighted by atomic mass is 16.6.